The fourth-order valence-corrected chi connectivity index (χ4v) is 2.34. The van der Waals surface area contributed by atoms with E-state index in [0.717, 1.165) is 30.0 Å². The number of hydrogen-bond acceptors (Lipinski definition) is 4. The summed E-state index contributed by atoms with van der Waals surface area (Å²) in [5, 5.41) is 3.16. The molecule has 1 aliphatic carbocycles. The Morgan fingerprint density at radius 2 is 2.14 bits per heavy atom. The Labute approximate surface area is 122 Å². The van der Waals surface area contributed by atoms with Gasteiger partial charge in [-0.25, -0.2) is 4.98 Å². The second kappa shape index (κ2) is 5.47. The Morgan fingerprint density at radius 1 is 1.43 bits per heavy atom. The van der Waals surface area contributed by atoms with Gasteiger partial charge in [0, 0.05) is 11.7 Å². The summed E-state index contributed by atoms with van der Waals surface area (Å²) in [7, 11) is 1.61. The van der Waals surface area contributed by atoms with Crippen LogP contribution in [0.4, 0.5) is 5.69 Å². The van der Waals surface area contributed by atoms with Crippen LogP contribution >= 0.6 is 0 Å². The number of imidazole rings is 1. The molecule has 1 aromatic heterocycles. The van der Waals surface area contributed by atoms with Gasteiger partial charge in [-0.05, 0) is 37.1 Å². The van der Waals surface area contributed by atoms with Gasteiger partial charge in [0.15, 0.2) is 0 Å². The number of methoxy groups -OCH3 is 1. The molecule has 1 amide bonds. The summed E-state index contributed by atoms with van der Waals surface area (Å²) in [6, 6.07) is 7.22. The van der Waals surface area contributed by atoms with E-state index >= 15 is 0 Å². The summed E-state index contributed by atoms with van der Waals surface area (Å²) < 4.78 is 7.15. The summed E-state index contributed by atoms with van der Waals surface area (Å²) in [5.41, 5.74) is 7.17. The lowest BCUT2D eigenvalue weighted by molar-refractivity contribution is -0.119. The van der Waals surface area contributed by atoms with Crippen molar-refractivity contribution >= 4 is 11.6 Å². The summed E-state index contributed by atoms with van der Waals surface area (Å²) in [6.07, 6.45) is 5.71. The molecular weight excluding hydrogens is 268 g/mol. The topological polar surface area (TPSA) is 82.2 Å². The predicted octanol–water partition coefficient (Wildman–Crippen LogP) is 1.87. The maximum absolute atomic E-state index is 11.8. The normalized spacial score (nSPS) is 15.5. The number of anilines is 1. The summed E-state index contributed by atoms with van der Waals surface area (Å²) >= 11 is 0. The monoisotopic (exact) mass is 286 g/mol. The molecule has 1 saturated carbocycles. The Bertz CT molecular complexity index is 631. The highest BCUT2D eigenvalue weighted by molar-refractivity contribution is 5.84. The minimum Gasteiger partial charge on any atom is -0.497 e. The van der Waals surface area contributed by atoms with Crippen molar-refractivity contribution in [1.29, 1.82) is 0 Å². The van der Waals surface area contributed by atoms with E-state index in [2.05, 4.69) is 10.3 Å². The van der Waals surface area contributed by atoms with Crippen LogP contribution in [0.25, 0.3) is 0 Å². The first-order chi connectivity index (χ1) is 10.2. The molecule has 3 N–H and O–H groups in total. The van der Waals surface area contributed by atoms with Crippen LogP contribution in [0.2, 0.25) is 0 Å². The molecule has 2 aromatic rings. The molecule has 1 aromatic carbocycles. The van der Waals surface area contributed by atoms with Gasteiger partial charge in [-0.1, -0.05) is 0 Å². The van der Waals surface area contributed by atoms with Crippen molar-refractivity contribution in [2.24, 2.45) is 5.73 Å². The first-order valence-corrected chi connectivity index (χ1v) is 6.90. The number of carbonyl (C=O) groups excluding carboxylic acids is 1. The van der Waals surface area contributed by atoms with Crippen LogP contribution in [0.15, 0.2) is 36.8 Å². The van der Waals surface area contributed by atoms with Gasteiger partial charge in [0.25, 0.3) is 0 Å². The van der Waals surface area contributed by atoms with E-state index in [1.165, 1.54) is 0 Å². The quantitative estimate of drug-likeness (QED) is 0.849. The molecule has 0 radical (unpaired) electrons. The molecule has 3 rings (SSSR count). The third-order valence-electron chi connectivity index (χ3n) is 3.62. The van der Waals surface area contributed by atoms with E-state index in [9.17, 15) is 4.79 Å². The molecular formula is C15H18N4O2. The molecule has 0 bridgehead atoms. The number of benzene rings is 1. The standard InChI is InChI=1S/C15H18N4O2/c1-21-12-6-2-10(3-7-12)18-14(15(16)20)13-8-17-9-19(13)11-4-5-11/h2-3,6-9,11,14,18H,4-5H2,1H3,(H2,16,20). The maximum Gasteiger partial charge on any atom is 0.246 e. The van der Waals surface area contributed by atoms with Crippen LogP contribution in [0.3, 0.4) is 0 Å². The molecule has 6 nitrogen and oxygen atoms in total. The fraction of sp³-hybridized carbons (Fsp3) is 0.333. The molecule has 1 heterocycles. The Kier molecular flexibility index (Phi) is 3.51. The average Bonchev–Trinajstić information content (AvgIpc) is 3.23. The van der Waals surface area contributed by atoms with Gasteiger partial charge in [-0.2, -0.15) is 0 Å². The first-order valence-electron chi connectivity index (χ1n) is 6.90. The van der Waals surface area contributed by atoms with Gasteiger partial charge in [0.1, 0.15) is 11.8 Å². The highest BCUT2D eigenvalue weighted by Gasteiger charge is 2.30. The minimum absolute atomic E-state index is 0.423. The van der Waals surface area contributed by atoms with Crippen LogP contribution in [-0.2, 0) is 4.79 Å². The zero-order valence-electron chi connectivity index (χ0n) is 11.8. The van der Waals surface area contributed by atoms with Crippen LogP contribution in [0.5, 0.6) is 5.75 Å². The number of ether oxygens (including phenoxy) is 1. The Balaban J connectivity index is 1.83. The molecule has 1 atom stereocenters. The number of nitrogens with zero attached hydrogens (tertiary/aromatic N) is 2. The van der Waals surface area contributed by atoms with E-state index in [4.69, 9.17) is 10.5 Å². The SMILES string of the molecule is COc1ccc(NC(C(N)=O)c2cncn2C2CC2)cc1. The van der Waals surface area contributed by atoms with E-state index < -0.39 is 11.9 Å². The van der Waals surface area contributed by atoms with Crippen molar-refractivity contribution < 1.29 is 9.53 Å². The van der Waals surface area contributed by atoms with Crippen molar-refractivity contribution in [1.82, 2.24) is 9.55 Å². The maximum atomic E-state index is 11.8. The second-order valence-corrected chi connectivity index (χ2v) is 5.17. The zero-order valence-corrected chi connectivity index (χ0v) is 11.8. The lowest BCUT2D eigenvalue weighted by Gasteiger charge is -2.18. The van der Waals surface area contributed by atoms with Crippen LogP contribution in [0, 0.1) is 0 Å². The van der Waals surface area contributed by atoms with Gasteiger partial charge in [0.05, 0.1) is 25.3 Å². The van der Waals surface area contributed by atoms with Crippen LogP contribution < -0.4 is 15.8 Å². The molecule has 0 saturated heterocycles. The summed E-state index contributed by atoms with van der Waals surface area (Å²) in [6.45, 7) is 0. The van der Waals surface area contributed by atoms with Crippen LogP contribution in [-0.4, -0.2) is 22.6 Å². The molecule has 110 valence electrons. The third-order valence-corrected chi connectivity index (χ3v) is 3.62. The van der Waals surface area contributed by atoms with Crippen molar-refractivity contribution in [3.63, 3.8) is 0 Å². The van der Waals surface area contributed by atoms with Crippen molar-refractivity contribution in [3.8, 4) is 5.75 Å². The Hall–Kier alpha value is -2.50. The smallest absolute Gasteiger partial charge is 0.246 e. The largest absolute Gasteiger partial charge is 0.497 e. The number of amides is 1. The molecule has 0 spiro atoms. The first kappa shape index (κ1) is 13.5. The summed E-state index contributed by atoms with van der Waals surface area (Å²) in [4.78, 5) is 16.0. The highest BCUT2D eigenvalue weighted by Crippen LogP contribution is 2.37. The number of carbonyl (C=O) groups is 1. The number of hydrogen-bond donors (Lipinski definition) is 2. The van der Waals surface area contributed by atoms with E-state index in [-0.39, 0.29) is 0 Å². The molecule has 21 heavy (non-hydrogen) atoms. The fourth-order valence-electron chi connectivity index (χ4n) is 2.34. The average molecular weight is 286 g/mol. The van der Waals surface area contributed by atoms with Crippen LogP contribution in [0.1, 0.15) is 30.6 Å². The molecule has 1 unspecified atom stereocenters. The van der Waals surface area contributed by atoms with Gasteiger partial charge in [-0.15, -0.1) is 0 Å². The Morgan fingerprint density at radius 3 is 2.71 bits per heavy atom. The van der Waals surface area contributed by atoms with E-state index in [1.54, 1.807) is 19.6 Å². The van der Waals surface area contributed by atoms with Gasteiger partial charge in [-0.3, -0.25) is 4.79 Å². The number of primary amides is 1. The molecule has 0 aliphatic heterocycles. The number of nitrogens with two attached hydrogens (primary N) is 1. The highest BCUT2D eigenvalue weighted by atomic mass is 16.5. The third kappa shape index (κ3) is 2.84. The van der Waals surface area contributed by atoms with Crippen molar-refractivity contribution in [3.05, 3.63) is 42.5 Å². The predicted molar refractivity (Wildman–Crippen MR) is 79.1 cm³/mol. The molecule has 1 aliphatic rings. The lowest BCUT2D eigenvalue weighted by atomic mass is 10.2. The van der Waals surface area contributed by atoms with E-state index in [1.807, 2.05) is 28.8 Å². The van der Waals surface area contributed by atoms with E-state index in [0.29, 0.717) is 6.04 Å². The molecule has 1 fully saturated rings. The van der Waals surface area contributed by atoms with Crippen molar-refractivity contribution in [2.75, 3.05) is 12.4 Å². The number of nitrogens with one attached hydrogen (secondary N) is 1. The van der Waals surface area contributed by atoms with Crippen molar-refractivity contribution in [2.45, 2.75) is 24.9 Å². The minimum atomic E-state index is -0.596. The van der Waals surface area contributed by atoms with Gasteiger partial charge in [0.2, 0.25) is 5.91 Å². The summed E-state index contributed by atoms with van der Waals surface area (Å²) in [5.74, 6) is 0.340. The second-order valence-electron chi connectivity index (χ2n) is 5.17. The van der Waals surface area contributed by atoms with Gasteiger partial charge >= 0.3 is 0 Å². The zero-order chi connectivity index (χ0) is 14.8. The lowest BCUT2D eigenvalue weighted by Crippen LogP contribution is -2.29. The van der Waals surface area contributed by atoms with Gasteiger partial charge < -0.3 is 20.4 Å². The number of aromatic nitrogens is 2. The number of rotatable bonds is 6. The molecule has 6 heteroatoms.